The van der Waals surface area contributed by atoms with Gasteiger partial charge >= 0.3 is 0 Å². The summed E-state index contributed by atoms with van der Waals surface area (Å²) in [5.41, 5.74) is 4.01. The molecule has 6 nitrogen and oxygen atoms in total. The molecular weight excluding hydrogens is 386 g/mol. The van der Waals surface area contributed by atoms with E-state index in [1.54, 1.807) is 0 Å². The van der Waals surface area contributed by atoms with Crippen LogP contribution in [0.1, 0.15) is 48.8 Å². The van der Waals surface area contributed by atoms with E-state index in [0.717, 1.165) is 40.4 Å². The second kappa shape index (κ2) is 9.48. The number of amides is 1. The summed E-state index contributed by atoms with van der Waals surface area (Å²) in [7, 11) is 0. The number of carbonyl (C=O) groups is 1. The van der Waals surface area contributed by atoms with Crippen LogP contribution in [-0.2, 0) is 4.79 Å². The van der Waals surface area contributed by atoms with Crippen LogP contribution in [0.4, 0.5) is 0 Å². The zero-order valence-electron chi connectivity index (χ0n) is 17.7. The summed E-state index contributed by atoms with van der Waals surface area (Å²) in [5.74, 6) is 1.97. The fourth-order valence-electron chi connectivity index (χ4n) is 3.16. The Morgan fingerprint density at radius 3 is 2.41 bits per heavy atom. The van der Waals surface area contributed by atoms with Crippen molar-refractivity contribution >= 4 is 17.7 Å². The lowest BCUT2D eigenvalue weighted by Gasteiger charge is -2.24. The SMILES string of the molecule is Cc1nc(SCC(=O)N[C@H](c2ccc3c(c2)OCCCO3)C(C)C)nc(C)c1C. The molecule has 0 saturated carbocycles. The van der Waals surface area contributed by atoms with Gasteiger partial charge < -0.3 is 14.8 Å². The fraction of sp³-hybridized carbons (Fsp3) is 0.500. The van der Waals surface area contributed by atoms with E-state index in [4.69, 9.17) is 9.47 Å². The number of rotatable bonds is 6. The highest BCUT2D eigenvalue weighted by Crippen LogP contribution is 2.34. The minimum absolute atomic E-state index is 0.0414. The van der Waals surface area contributed by atoms with Gasteiger partial charge in [0.25, 0.3) is 0 Å². The molecule has 1 aromatic carbocycles. The minimum Gasteiger partial charge on any atom is -0.490 e. The first-order chi connectivity index (χ1) is 13.8. The monoisotopic (exact) mass is 415 g/mol. The third-order valence-corrected chi connectivity index (χ3v) is 5.91. The number of nitrogens with one attached hydrogen (secondary N) is 1. The predicted octanol–water partition coefficient (Wildman–Crippen LogP) is 4.17. The van der Waals surface area contributed by atoms with Crippen molar-refractivity contribution in [3.63, 3.8) is 0 Å². The van der Waals surface area contributed by atoms with Crippen LogP contribution in [0.25, 0.3) is 0 Å². The van der Waals surface area contributed by atoms with Gasteiger partial charge in [0, 0.05) is 17.8 Å². The zero-order valence-corrected chi connectivity index (χ0v) is 18.6. The second-order valence-corrected chi connectivity index (χ2v) is 8.58. The Balaban J connectivity index is 1.67. The molecule has 0 fully saturated rings. The Kier molecular flexibility index (Phi) is 7.00. The highest BCUT2D eigenvalue weighted by Gasteiger charge is 2.21. The van der Waals surface area contributed by atoms with E-state index in [0.29, 0.717) is 18.4 Å². The summed E-state index contributed by atoms with van der Waals surface area (Å²) in [5, 5.41) is 3.79. The molecule has 0 radical (unpaired) electrons. The lowest BCUT2D eigenvalue weighted by atomic mass is 9.95. The van der Waals surface area contributed by atoms with Crippen LogP contribution in [0.5, 0.6) is 11.5 Å². The number of carbonyl (C=O) groups excluding carboxylic acids is 1. The Labute approximate surface area is 176 Å². The number of aryl methyl sites for hydroxylation is 2. The Morgan fingerprint density at radius 2 is 1.76 bits per heavy atom. The molecule has 0 aliphatic carbocycles. The third-order valence-electron chi connectivity index (χ3n) is 5.06. The van der Waals surface area contributed by atoms with Gasteiger partial charge in [-0.3, -0.25) is 4.79 Å². The van der Waals surface area contributed by atoms with E-state index in [-0.39, 0.29) is 23.6 Å². The van der Waals surface area contributed by atoms with Gasteiger partial charge in [-0.2, -0.15) is 0 Å². The number of hydrogen-bond donors (Lipinski definition) is 1. The number of thioether (sulfide) groups is 1. The van der Waals surface area contributed by atoms with E-state index in [1.807, 2.05) is 39.0 Å². The molecule has 1 aliphatic rings. The fourth-order valence-corrected chi connectivity index (χ4v) is 3.91. The van der Waals surface area contributed by atoms with Gasteiger partial charge in [-0.15, -0.1) is 0 Å². The van der Waals surface area contributed by atoms with Crippen molar-refractivity contribution in [3.05, 3.63) is 40.7 Å². The van der Waals surface area contributed by atoms with Crippen molar-refractivity contribution in [3.8, 4) is 11.5 Å². The van der Waals surface area contributed by atoms with Gasteiger partial charge in [0.1, 0.15) is 0 Å². The number of nitrogens with zero attached hydrogens (tertiary/aromatic N) is 2. The van der Waals surface area contributed by atoms with Crippen molar-refractivity contribution in [1.82, 2.24) is 15.3 Å². The van der Waals surface area contributed by atoms with Crippen molar-refractivity contribution < 1.29 is 14.3 Å². The number of benzene rings is 1. The van der Waals surface area contributed by atoms with E-state index in [1.165, 1.54) is 11.8 Å². The van der Waals surface area contributed by atoms with Crippen molar-refractivity contribution in [2.24, 2.45) is 5.92 Å². The first-order valence-electron chi connectivity index (χ1n) is 9.98. The largest absolute Gasteiger partial charge is 0.490 e. The quantitative estimate of drug-likeness (QED) is 0.564. The standard InChI is InChI=1S/C22H29N3O3S/c1-13(2)21(17-7-8-18-19(11-17)28-10-6-9-27-18)25-20(26)12-29-22-23-15(4)14(3)16(5)24-22/h7-8,11,13,21H,6,9-10,12H2,1-5H3,(H,25,26)/t21-/m0/s1. The highest BCUT2D eigenvalue weighted by molar-refractivity contribution is 7.99. The van der Waals surface area contributed by atoms with Crippen LogP contribution in [-0.4, -0.2) is 34.8 Å². The average molecular weight is 416 g/mol. The smallest absolute Gasteiger partial charge is 0.230 e. The first-order valence-corrected chi connectivity index (χ1v) is 11.0. The molecule has 0 unspecified atom stereocenters. The maximum absolute atomic E-state index is 12.6. The van der Waals surface area contributed by atoms with Crippen LogP contribution in [0.3, 0.4) is 0 Å². The summed E-state index contributed by atoms with van der Waals surface area (Å²) in [6.45, 7) is 11.4. The van der Waals surface area contributed by atoms with E-state index in [2.05, 4.69) is 29.1 Å². The van der Waals surface area contributed by atoms with Gasteiger partial charge in [-0.1, -0.05) is 31.7 Å². The molecule has 7 heteroatoms. The van der Waals surface area contributed by atoms with Crippen LogP contribution in [0.2, 0.25) is 0 Å². The number of ether oxygens (including phenoxy) is 2. The highest BCUT2D eigenvalue weighted by atomic mass is 32.2. The van der Waals surface area contributed by atoms with Crippen molar-refractivity contribution in [1.29, 1.82) is 0 Å². The van der Waals surface area contributed by atoms with Gasteiger partial charge in [0.15, 0.2) is 16.7 Å². The van der Waals surface area contributed by atoms with E-state index >= 15 is 0 Å². The summed E-state index contributed by atoms with van der Waals surface area (Å²) >= 11 is 1.36. The van der Waals surface area contributed by atoms with E-state index < -0.39 is 0 Å². The molecule has 29 heavy (non-hydrogen) atoms. The van der Waals surface area contributed by atoms with Crippen molar-refractivity contribution in [2.75, 3.05) is 19.0 Å². The summed E-state index contributed by atoms with van der Waals surface area (Å²) in [4.78, 5) is 21.6. The number of aromatic nitrogens is 2. The van der Waals surface area contributed by atoms with Crippen LogP contribution < -0.4 is 14.8 Å². The molecule has 0 bridgehead atoms. The molecule has 1 N–H and O–H groups in total. The second-order valence-electron chi connectivity index (χ2n) is 7.64. The molecular formula is C22H29N3O3S. The Bertz CT molecular complexity index is 863. The lowest BCUT2D eigenvalue weighted by Crippen LogP contribution is -2.33. The van der Waals surface area contributed by atoms with Crippen LogP contribution in [0, 0.1) is 26.7 Å². The molecule has 1 amide bonds. The number of hydrogen-bond acceptors (Lipinski definition) is 6. The van der Waals surface area contributed by atoms with Crippen LogP contribution in [0.15, 0.2) is 23.4 Å². The molecule has 1 atom stereocenters. The zero-order chi connectivity index (χ0) is 21.0. The maximum Gasteiger partial charge on any atom is 0.230 e. The third kappa shape index (κ3) is 5.41. The van der Waals surface area contributed by atoms with Crippen molar-refractivity contribution in [2.45, 2.75) is 52.2 Å². The van der Waals surface area contributed by atoms with Gasteiger partial charge in [-0.05, 0) is 49.9 Å². The Morgan fingerprint density at radius 1 is 1.10 bits per heavy atom. The van der Waals surface area contributed by atoms with Gasteiger partial charge in [0.2, 0.25) is 5.91 Å². The summed E-state index contributed by atoms with van der Waals surface area (Å²) in [6, 6.07) is 5.80. The lowest BCUT2D eigenvalue weighted by molar-refractivity contribution is -0.119. The van der Waals surface area contributed by atoms with Gasteiger partial charge in [0.05, 0.1) is 25.0 Å². The van der Waals surface area contributed by atoms with Gasteiger partial charge in [-0.25, -0.2) is 9.97 Å². The predicted molar refractivity (Wildman–Crippen MR) is 115 cm³/mol. The molecule has 1 aliphatic heterocycles. The maximum atomic E-state index is 12.6. The average Bonchev–Trinajstić information content (AvgIpc) is 2.93. The topological polar surface area (TPSA) is 73.3 Å². The molecule has 2 heterocycles. The normalized spacial score (nSPS) is 14.4. The van der Waals surface area contributed by atoms with Crippen LogP contribution >= 0.6 is 11.8 Å². The Hall–Kier alpha value is -2.28. The summed E-state index contributed by atoms with van der Waals surface area (Å²) < 4.78 is 11.5. The molecule has 156 valence electrons. The number of fused-ring (bicyclic) bond motifs is 1. The first kappa shape index (κ1) is 21.4. The summed E-state index contributed by atoms with van der Waals surface area (Å²) in [6.07, 6.45) is 0.867. The van der Waals surface area contributed by atoms with E-state index in [9.17, 15) is 4.79 Å². The molecule has 3 rings (SSSR count). The molecule has 2 aromatic rings. The molecule has 0 saturated heterocycles. The molecule has 1 aromatic heterocycles. The molecule has 0 spiro atoms. The minimum atomic E-state index is -0.109.